The lowest BCUT2D eigenvalue weighted by Gasteiger charge is -2.08. The molecule has 1 aromatic heterocycles. The number of benzene rings is 1. The molecule has 0 bridgehead atoms. The molecule has 21 heavy (non-hydrogen) atoms. The fraction of sp³-hybridized carbons (Fsp3) is 0.231. The second-order valence-electron chi connectivity index (χ2n) is 4.49. The maximum absolute atomic E-state index is 13.0. The quantitative estimate of drug-likeness (QED) is 0.920. The summed E-state index contributed by atoms with van der Waals surface area (Å²) in [6.07, 6.45) is 0. The predicted octanol–water partition coefficient (Wildman–Crippen LogP) is 2.42. The van der Waals surface area contributed by atoms with E-state index in [0.717, 1.165) is 16.4 Å². The Labute approximate surface area is 121 Å². The maximum atomic E-state index is 13.0. The second-order valence-corrected chi connectivity index (χ2v) is 6.57. The summed E-state index contributed by atoms with van der Waals surface area (Å²) in [6, 6.07) is 6.23. The Morgan fingerprint density at radius 3 is 2.48 bits per heavy atom. The molecule has 0 fully saturated rings. The number of anilines is 1. The van der Waals surface area contributed by atoms with Gasteiger partial charge in [0.1, 0.15) is 5.76 Å². The van der Waals surface area contributed by atoms with Gasteiger partial charge in [0.15, 0.2) is 11.6 Å². The van der Waals surface area contributed by atoms with Crippen LogP contribution in [0.2, 0.25) is 0 Å². The lowest BCUT2D eigenvalue weighted by atomic mass is 10.3. The van der Waals surface area contributed by atoms with E-state index in [1.807, 2.05) is 0 Å². The van der Waals surface area contributed by atoms with Crippen LogP contribution in [-0.2, 0) is 16.6 Å². The van der Waals surface area contributed by atoms with Gasteiger partial charge < -0.3 is 9.73 Å². The van der Waals surface area contributed by atoms with Crippen LogP contribution >= 0.6 is 0 Å². The van der Waals surface area contributed by atoms with E-state index in [9.17, 15) is 17.2 Å². The molecular weight excluding hydrogens is 302 g/mol. The predicted molar refractivity (Wildman–Crippen MR) is 73.3 cm³/mol. The molecule has 2 aromatic rings. The molecule has 1 N–H and O–H groups in total. The van der Waals surface area contributed by atoms with Crippen LogP contribution in [0.25, 0.3) is 0 Å². The topological polar surface area (TPSA) is 62.6 Å². The SMILES string of the molecule is CN(C)S(=O)(=O)c1ccc(CNc2ccc(F)c(F)c2)o1. The van der Waals surface area contributed by atoms with Crippen molar-refractivity contribution in [1.82, 2.24) is 4.31 Å². The molecule has 0 unspecified atom stereocenters. The van der Waals surface area contributed by atoms with Crippen molar-refractivity contribution in [3.8, 4) is 0 Å². The van der Waals surface area contributed by atoms with Gasteiger partial charge in [-0.15, -0.1) is 0 Å². The summed E-state index contributed by atoms with van der Waals surface area (Å²) in [7, 11) is -0.822. The van der Waals surface area contributed by atoms with Gasteiger partial charge in [0.05, 0.1) is 6.54 Å². The highest BCUT2D eigenvalue weighted by Gasteiger charge is 2.21. The first-order valence-corrected chi connectivity index (χ1v) is 7.45. The Balaban J connectivity index is 2.08. The standard InChI is InChI=1S/C13H14F2N2O3S/c1-17(2)21(18,19)13-6-4-10(20-13)8-16-9-3-5-11(14)12(15)7-9/h3-7,16H,8H2,1-2H3. The summed E-state index contributed by atoms with van der Waals surface area (Å²) in [5, 5.41) is 2.64. The highest BCUT2D eigenvalue weighted by Crippen LogP contribution is 2.19. The number of hydrogen-bond acceptors (Lipinski definition) is 4. The molecular formula is C13H14F2N2O3S. The van der Waals surface area contributed by atoms with Gasteiger partial charge in [-0.25, -0.2) is 21.5 Å². The number of nitrogens with one attached hydrogen (secondary N) is 1. The molecule has 0 aliphatic carbocycles. The normalized spacial score (nSPS) is 11.9. The fourth-order valence-corrected chi connectivity index (χ4v) is 2.38. The summed E-state index contributed by atoms with van der Waals surface area (Å²) in [4.78, 5) is 0. The van der Waals surface area contributed by atoms with Crippen molar-refractivity contribution in [3.63, 3.8) is 0 Å². The lowest BCUT2D eigenvalue weighted by Crippen LogP contribution is -2.21. The summed E-state index contributed by atoms with van der Waals surface area (Å²) in [5.41, 5.74) is 0.363. The van der Waals surface area contributed by atoms with Gasteiger partial charge in [0.25, 0.3) is 10.0 Å². The molecule has 1 aromatic carbocycles. The number of rotatable bonds is 5. The van der Waals surface area contributed by atoms with Crippen LogP contribution in [0.15, 0.2) is 39.8 Å². The zero-order chi connectivity index (χ0) is 15.6. The van der Waals surface area contributed by atoms with Crippen LogP contribution < -0.4 is 5.32 Å². The molecule has 0 atom stereocenters. The van der Waals surface area contributed by atoms with E-state index in [0.29, 0.717) is 11.4 Å². The molecule has 8 heteroatoms. The summed E-state index contributed by atoms with van der Waals surface area (Å²) < 4.78 is 55.7. The third-order valence-corrected chi connectivity index (χ3v) is 4.45. The van der Waals surface area contributed by atoms with Gasteiger partial charge >= 0.3 is 0 Å². The van der Waals surface area contributed by atoms with E-state index in [1.54, 1.807) is 0 Å². The molecule has 114 valence electrons. The van der Waals surface area contributed by atoms with Gasteiger partial charge in [-0.2, -0.15) is 0 Å². The minimum atomic E-state index is -3.62. The van der Waals surface area contributed by atoms with Gasteiger partial charge in [0, 0.05) is 25.8 Å². The summed E-state index contributed by atoms with van der Waals surface area (Å²) in [5.74, 6) is -1.53. The molecule has 2 rings (SSSR count). The lowest BCUT2D eigenvalue weighted by molar-refractivity contribution is 0.402. The number of nitrogens with zero attached hydrogens (tertiary/aromatic N) is 1. The smallest absolute Gasteiger partial charge is 0.275 e. The first-order valence-electron chi connectivity index (χ1n) is 6.01. The molecule has 0 aliphatic rings. The first-order chi connectivity index (χ1) is 9.80. The number of furan rings is 1. The monoisotopic (exact) mass is 316 g/mol. The van der Waals surface area contributed by atoms with E-state index < -0.39 is 21.7 Å². The van der Waals surface area contributed by atoms with E-state index in [4.69, 9.17) is 4.42 Å². The average Bonchev–Trinajstić information content (AvgIpc) is 2.89. The summed E-state index contributed by atoms with van der Waals surface area (Å²) >= 11 is 0. The first kappa shape index (κ1) is 15.5. The summed E-state index contributed by atoms with van der Waals surface area (Å²) in [6.45, 7) is 0.147. The molecule has 0 aliphatic heterocycles. The molecule has 0 saturated heterocycles. The van der Waals surface area contributed by atoms with Crippen molar-refractivity contribution in [2.24, 2.45) is 0 Å². The van der Waals surface area contributed by atoms with Gasteiger partial charge in [0.2, 0.25) is 5.09 Å². The van der Waals surface area contributed by atoms with Crippen LogP contribution in [0.4, 0.5) is 14.5 Å². The van der Waals surface area contributed by atoms with Crippen molar-refractivity contribution in [1.29, 1.82) is 0 Å². The van der Waals surface area contributed by atoms with Crippen LogP contribution in [-0.4, -0.2) is 26.8 Å². The third kappa shape index (κ3) is 3.40. The van der Waals surface area contributed by atoms with Gasteiger partial charge in [-0.05, 0) is 24.3 Å². The third-order valence-electron chi connectivity index (χ3n) is 2.76. The van der Waals surface area contributed by atoms with Crippen molar-refractivity contribution < 1.29 is 21.6 Å². The highest BCUT2D eigenvalue weighted by molar-refractivity contribution is 7.88. The van der Waals surface area contributed by atoms with Crippen LogP contribution in [0.3, 0.4) is 0 Å². The van der Waals surface area contributed by atoms with Crippen molar-refractivity contribution in [2.45, 2.75) is 11.6 Å². The molecule has 0 saturated carbocycles. The Hall–Kier alpha value is -1.93. The van der Waals surface area contributed by atoms with Crippen molar-refractivity contribution >= 4 is 15.7 Å². The van der Waals surface area contributed by atoms with Crippen LogP contribution in [0, 0.1) is 11.6 Å². The van der Waals surface area contributed by atoms with Crippen molar-refractivity contribution in [2.75, 3.05) is 19.4 Å². The fourth-order valence-electron chi connectivity index (χ4n) is 1.57. The molecule has 1 heterocycles. The maximum Gasteiger partial charge on any atom is 0.275 e. The highest BCUT2D eigenvalue weighted by atomic mass is 32.2. The average molecular weight is 316 g/mol. The van der Waals surface area contributed by atoms with E-state index in [1.165, 1.54) is 32.3 Å². The molecule has 0 amide bonds. The minimum Gasteiger partial charge on any atom is -0.446 e. The van der Waals surface area contributed by atoms with E-state index in [2.05, 4.69) is 5.32 Å². The number of sulfonamides is 1. The Kier molecular flexibility index (Phi) is 4.29. The zero-order valence-corrected chi connectivity index (χ0v) is 12.2. The Morgan fingerprint density at radius 1 is 1.14 bits per heavy atom. The Morgan fingerprint density at radius 2 is 1.86 bits per heavy atom. The molecule has 0 radical (unpaired) electrons. The van der Waals surface area contributed by atoms with Gasteiger partial charge in [-0.1, -0.05) is 0 Å². The second kappa shape index (κ2) is 5.82. The van der Waals surface area contributed by atoms with E-state index >= 15 is 0 Å². The molecule has 5 nitrogen and oxygen atoms in total. The Bertz CT molecular complexity index is 742. The largest absolute Gasteiger partial charge is 0.446 e. The number of hydrogen-bond donors (Lipinski definition) is 1. The minimum absolute atomic E-state index is 0.147. The van der Waals surface area contributed by atoms with Crippen LogP contribution in [0.5, 0.6) is 0 Å². The molecule has 0 spiro atoms. The van der Waals surface area contributed by atoms with Gasteiger partial charge in [-0.3, -0.25) is 0 Å². The van der Waals surface area contributed by atoms with Crippen molar-refractivity contribution in [3.05, 3.63) is 47.7 Å². The number of halogens is 2. The zero-order valence-electron chi connectivity index (χ0n) is 11.4. The van der Waals surface area contributed by atoms with Crippen LogP contribution in [0.1, 0.15) is 5.76 Å². The van der Waals surface area contributed by atoms with E-state index in [-0.39, 0.29) is 11.6 Å².